The monoisotopic (exact) mass is 304 g/mol. The molecule has 3 N–H and O–H groups in total. The number of carboxylic acid groups (broad SMARTS) is 1. The Morgan fingerprint density at radius 3 is 1.83 bits per heavy atom. The van der Waals surface area contributed by atoms with Crippen LogP contribution in [0.4, 0.5) is 0 Å². The number of hydrogen-bond donors (Lipinski definition) is 3. The van der Waals surface area contributed by atoms with Crippen LogP contribution in [0.1, 0.15) is 32.1 Å². The van der Waals surface area contributed by atoms with E-state index in [1.807, 2.05) is 0 Å². The molecule has 1 unspecified atom stereocenters. The smallest absolute Gasteiger partial charge is 0.324 e. The first-order chi connectivity index (χ1) is 8.04. The molecule has 0 aromatic carbocycles. The Hall–Kier alpha value is -0.710. The Kier molecular flexibility index (Phi) is 6.74. The van der Waals surface area contributed by atoms with Gasteiger partial charge in [0.05, 0.1) is 5.75 Å². The van der Waals surface area contributed by atoms with Crippen LogP contribution in [0.15, 0.2) is 0 Å². The van der Waals surface area contributed by atoms with Gasteiger partial charge in [0, 0.05) is 0 Å². The minimum Gasteiger partial charge on any atom is -0.480 e. The number of carbonyl (C=O) groups is 1. The molecule has 0 saturated heterocycles. The minimum absolute atomic E-state index is 0.211. The molecule has 10 heteroatoms. The average Bonchev–Trinajstić information content (AvgIpc) is 2.11. The zero-order valence-corrected chi connectivity index (χ0v) is 11.2. The van der Waals surface area contributed by atoms with Crippen molar-refractivity contribution in [2.24, 2.45) is 0 Å². The number of hydrogen-bond acceptors (Lipinski definition) is 5. The molecule has 0 rings (SSSR count). The molecule has 0 bridgehead atoms. The maximum Gasteiger partial charge on any atom is 0.324 e. The van der Waals surface area contributed by atoms with Crippen molar-refractivity contribution in [1.82, 2.24) is 0 Å². The highest BCUT2D eigenvalue weighted by Crippen LogP contribution is 2.12. The van der Waals surface area contributed by atoms with Crippen molar-refractivity contribution in [2.45, 2.75) is 37.4 Å². The van der Waals surface area contributed by atoms with Crippen LogP contribution in [-0.2, 0) is 25.0 Å². The highest BCUT2D eigenvalue weighted by molar-refractivity contribution is 7.87. The lowest BCUT2D eigenvalue weighted by Crippen LogP contribution is -2.29. The summed E-state index contributed by atoms with van der Waals surface area (Å²) in [6, 6.07) is 0. The lowest BCUT2D eigenvalue weighted by Gasteiger charge is -2.08. The molecule has 1 atom stereocenters. The van der Waals surface area contributed by atoms with Crippen molar-refractivity contribution >= 4 is 26.2 Å². The van der Waals surface area contributed by atoms with Crippen molar-refractivity contribution in [1.29, 1.82) is 0 Å². The van der Waals surface area contributed by atoms with Gasteiger partial charge in [-0.3, -0.25) is 13.9 Å². The summed E-state index contributed by atoms with van der Waals surface area (Å²) in [6.07, 6.45) is 1.02. The van der Waals surface area contributed by atoms with E-state index >= 15 is 0 Å². The normalized spacial score (nSPS) is 14.3. The molecule has 8 nitrogen and oxygen atoms in total. The second kappa shape index (κ2) is 7.02. The quantitative estimate of drug-likeness (QED) is 0.403. The Bertz CT molecular complexity index is 463. The number of rotatable bonds is 9. The molecule has 0 radical (unpaired) electrons. The van der Waals surface area contributed by atoms with E-state index in [-0.39, 0.29) is 25.0 Å². The summed E-state index contributed by atoms with van der Waals surface area (Å²) in [5.41, 5.74) is 0. The van der Waals surface area contributed by atoms with Gasteiger partial charge in [0.25, 0.3) is 20.2 Å². The van der Waals surface area contributed by atoms with Gasteiger partial charge in [0.1, 0.15) is 0 Å². The van der Waals surface area contributed by atoms with Gasteiger partial charge in [-0.05, 0) is 12.8 Å². The summed E-state index contributed by atoms with van der Waals surface area (Å²) in [7, 11) is -8.61. The first-order valence-corrected chi connectivity index (χ1v) is 8.29. The van der Waals surface area contributed by atoms with Crippen LogP contribution in [0.25, 0.3) is 0 Å². The van der Waals surface area contributed by atoms with E-state index in [1.54, 1.807) is 0 Å². The molecule has 108 valence electrons. The molecule has 0 saturated carbocycles. The van der Waals surface area contributed by atoms with Crippen molar-refractivity contribution in [2.75, 3.05) is 5.75 Å². The summed E-state index contributed by atoms with van der Waals surface area (Å²) in [4.78, 5) is 10.5. The molecule has 0 fully saturated rings. The van der Waals surface area contributed by atoms with Crippen LogP contribution < -0.4 is 0 Å². The summed E-state index contributed by atoms with van der Waals surface area (Å²) < 4.78 is 59.2. The summed E-state index contributed by atoms with van der Waals surface area (Å²) in [5.74, 6) is -2.00. The fraction of sp³-hybridized carbons (Fsp3) is 0.875. The Labute approximate surface area is 106 Å². The van der Waals surface area contributed by atoms with E-state index in [2.05, 4.69) is 0 Å². The summed E-state index contributed by atoms with van der Waals surface area (Å²) >= 11 is 0. The van der Waals surface area contributed by atoms with Gasteiger partial charge in [0.2, 0.25) is 0 Å². The van der Waals surface area contributed by atoms with Gasteiger partial charge >= 0.3 is 5.97 Å². The SMILES string of the molecule is O=C(O)C(CCCCCCS(=O)(=O)O)S(=O)(=O)O. The topological polar surface area (TPSA) is 146 Å². The average molecular weight is 304 g/mol. The van der Waals surface area contributed by atoms with E-state index in [0.29, 0.717) is 12.8 Å². The summed E-state index contributed by atoms with van der Waals surface area (Å²) in [5, 5.41) is 6.72. The van der Waals surface area contributed by atoms with Gasteiger partial charge in [-0.1, -0.05) is 19.3 Å². The summed E-state index contributed by atoms with van der Waals surface area (Å²) in [6.45, 7) is 0. The number of carboxylic acids is 1. The van der Waals surface area contributed by atoms with Gasteiger partial charge < -0.3 is 5.11 Å². The maximum absolute atomic E-state index is 10.7. The molecular formula is C8H16O8S2. The van der Waals surface area contributed by atoms with Crippen LogP contribution in [0.2, 0.25) is 0 Å². The van der Waals surface area contributed by atoms with Gasteiger partial charge in [-0.25, -0.2) is 0 Å². The Morgan fingerprint density at radius 1 is 0.944 bits per heavy atom. The zero-order valence-electron chi connectivity index (χ0n) is 9.52. The van der Waals surface area contributed by atoms with Crippen LogP contribution in [0.5, 0.6) is 0 Å². The zero-order chi connectivity index (χ0) is 14.4. The fourth-order valence-corrected chi connectivity index (χ4v) is 2.66. The molecular weight excluding hydrogens is 288 g/mol. The second-order valence-corrected chi connectivity index (χ2v) is 7.00. The largest absolute Gasteiger partial charge is 0.480 e. The van der Waals surface area contributed by atoms with Gasteiger partial charge in [-0.2, -0.15) is 16.8 Å². The lowest BCUT2D eigenvalue weighted by molar-refractivity contribution is -0.136. The predicted molar refractivity (Wildman–Crippen MR) is 62.5 cm³/mol. The molecule has 0 aliphatic rings. The predicted octanol–water partition coefficient (Wildman–Crippen LogP) is 0.166. The maximum atomic E-state index is 10.7. The van der Waals surface area contributed by atoms with E-state index in [9.17, 15) is 21.6 Å². The third kappa shape index (κ3) is 8.39. The Morgan fingerprint density at radius 2 is 1.44 bits per heavy atom. The van der Waals surface area contributed by atoms with E-state index in [0.717, 1.165) is 0 Å². The van der Waals surface area contributed by atoms with E-state index < -0.39 is 31.5 Å². The van der Waals surface area contributed by atoms with Crippen LogP contribution in [-0.4, -0.2) is 48.0 Å². The van der Waals surface area contributed by atoms with Gasteiger partial charge in [-0.15, -0.1) is 0 Å². The van der Waals surface area contributed by atoms with Crippen molar-refractivity contribution < 1.29 is 35.8 Å². The highest BCUT2D eigenvalue weighted by Gasteiger charge is 2.29. The molecule has 0 amide bonds. The van der Waals surface area contributed by atoms with Crippen LogP contribution >= 0.6 is 0 Å². The third-order valence-electron chi connectivity index (χ3n) is 2.25. The minimum atomic E-state index is -4.62. The van der Waals surface area contributed by atoms with E-state index in [4.69, 9.17) is 14.2 Å². The van der Waals surface area contributed by atoms with E-state index in [1.165, 1.54) is 0 Å². The van der Waals surface area contributed by atoms with Crippen molar-refractivity contribution in [3.63, 3.8) is 0 Å². The Balaban J connectivity index is 3.93. The standard InChI is InChI=1S/C8H16O8S2/c9-8(10)7(18(14,15)16)5-3-1-2-4-6-17(11,12)13/h7H,1-6H2,(H,9,10)(H,11,12,13)(H,14,15,16). The molecule has 18 heavy (non-hydrogen) atoms. The fourth-order valence-electron chi connectivity index (χ4n) is 1.37. The van der Waals surface area contributed by atoms with Crippen LogP contribution in [0.3, 0.4) is 0 Å². The molecule has 0 aromatic heterocycles. The number of unbranched alkanes of at least 4 members (excludes halogenated alkanes) is 3. The lowest BCUT2D eigenvalue weighted by atomic mass is 10.1. The third-order valence-corrected chi connectivity index (χ3v) is 4.21. The van der Waals surface area contributed by atoms with Gasteiger partial charge in [0.15, 0.2) is 5.25 Å². The van der Waals surface area contributed by atoms with Crippen molar-refractivity contribution in [3.8, 4) is 0 Å². The molecule has 0 aliphatic heterocycles. The highest BCUT2D eigenvalue weighted by atomic mass is 32.2. The van der Waals surface area contributed by atoms with Crippen LogP contribution in [0, 0.1) is 0 Å². The molecule has 0 aromatic rings. The molecule has 0 heterocycles. The first-order valence-electron chi connectivity index (χ1n) is 5.18. The molecule has 0 aliphatic carbocycles. The first kappa shape index (κ1) is 17.3. The second-order valence-electron chi connectivity index (χ2n) is 3.83. The molecule has 0 spiro atoms. The number of aliphatic carboxylic acids is 1. The van der Waals surface area contributed by atoms with Crippen molar-refractivity contribution in [3.05, 3.63) is 0 Å².